The van der Waals surface area contributed by atoms with Crippen LogP contribution >= 0.6 is 0 Å². The summed E-state index contributed by atoms with van der Waals surface area (Å²) in [6.07, 6.45) is 0. The maximum Gasteiger partial charge on any atom is 0.254 e. The first-order valence-corrected chi connectivity index (χ1v) is 5.85. The summed E-state index contributed by atoms with van der Waals surface area (Å²) in [6, 6.07) is 10.4. The Kier molecular flexibility index (Phi) is 3.90. The Morgan fingerprint density at radius 3 is 2.58 bits per heavy atom. The summed E-state index contributed by atoms with van der Waals surface area (Å²) in [4.78, 5) is 11.8. The number of amides is 1. The van der Waals surface area contributed by atoms with Gasteiger partial charge in [0.05, 0.1) is 5.56 Å². The number of nitrogens with one attached hydrogen (secondary N) is 1. The Morgan fingerprint density at radius 1 is 1.11 bits per heavy atom. The van der Waals surface area contributed by atoms with E-state index < -0.39 is 17.5 Å². The first-order chi connectivity index (χ1) is 9.08. The number of benzene rings is 2. The zero-order chi connectivity index (χ0) is 13.8. The van der Waals surface area contributed by atoms with Crippen LogP contribution in [0.25, 0.3) is 0 Å². The topological polar surface area (TPSA) is 29.1 Å². The van der Waals surface area contributed by atoms with Crippen LogP contribution < -0.4 is 5.32 Å². The summed E-state index contributed by atoms with van der Waals surface area (Å²) in [7, 11) is 0. The van der Waals surface area contributed by atoms with Gasteiger partial charge in [-0.05, 0) is 25.1 Å². The molecule has 0 aliphatic rings. The molecule has 0 fully saturated rings. The van der Waals surface area contributed by atoms with Crippen molar-refractivity contribution in [2.75, 3.05) is 0 Å². The zero-order valence-electron chi connectivity index (χ0n) is 10.4. The molecule has 0 aromatic heterocycles. The van der Waals surface area contributed by atoms with Gasteiger partial charge in [-0.15, -0.1) is 0 Å². The van der Waals surface area contributed by atoms with E-state index in [1.807, 2.05) is 0 Å². The number of hydrogen-bond donors (Lipinski definition) is 1. The molecule has 0 saturated carbocycles. The molecule has 2 nitrogen and oxygen atoms in total. The predicted octanol–water partition coefficient (Wildman–Crippen LogP) is 3.20. The van der Waals surface area contributed by atoms with Gasteiger partial charge in [0.15, 0.2) is 0 Å². The molecule has 0 heterocycles. The minimum Gasteiger partial charge on any atom is -0.348 e. The molecule has 0 saturated heterocycles. The lowest BCUT2D eigenvalue weighted by Gasteiger charge is -2.07. The lowest BCUT2D eigenvalue weighted by Crippen LogP contribution is -2.24. The molecular weight excluding hydrogens is 248 g/mol. The second kappa shape index (κ2) is 5.61. The number of aryl methyl sites for hydroxylation is 1. The van der Waals surface area contributed by atoms with E-state index in [4.69, 9.17) is 0 Å². The van der Waals surface area contributed by atoms with E-state index in [1.54, 1.807) is 31.2 Å². The van der Waals surface area contributed by atoms with Crippen LogP contribution in [0.15, 0.2) is 42.5 Å². The molecule has 0 bridgehead atoms. The number of rotatable bonds is 3. The molecule has 1 amide bonds. The van der Waals surface area contributed by atoms with Crippen LogP contribution in [-0.4, -0.2) is 5.91 Å². The zero-order valence-corrected chi connectivity index (χ0v) is 10.4. The molecule has 0 radical (unpaired) electrons. The van der Waals surface area contributed by atoms with Crippen molar-refractivity contribution in [2.45, 2.75) is 13.5 Å². The minimum absolute atomic E-state index is 0.0267. The van der Waals surface area contributed by atoms with Crippen molar-refractivity contribution >= 4 is 5.91 Å². The Morgan fingerprint density at radius 2 is 1.84 bits per heavy atom. The minimum atomic E-state index is -0.586. The van der Waals surface area contributed by atoms with Crippen molar-refractivity contribution in [3.8, 4) is 0 Å². The third-order valence-corrected chi connectivity index (χ3v) is 2.76. The van der Waals surface area contributed by atoms with Crippen LogP contribution in [0.1, 0.15) is 21.5 Å². The van der Waals surface area contributed by atoms with E-state index in [0.717, 1.165) is 5.56 Å². The number of halogens is 2. The van der Waals surface area contributed by atoms with Crippen molar-refractivity contribution < 1.29 is 13.6 Å². The Labute approximate surface area is 110 Å². The molecule has 0 aliphatic carbocycles. The van der Waals surface area contributed by atoms with Gasteiger partial charge >= 0.3 is 0 Å². The summed E-state index contributed by atoms with van der Waals surface area (Å²) in [6.45, 7) is 1.80. The standard InChI is InChI=1S/C15H13F2NO/c1-10-6-7-14(17)12(8-10)15(19)18-9-11-4-2-3-5-13(11)16/h2-8H,9H2,1H3,(H,18,19). The van der Waals surface area contributed by atoms with Crippen molar-refractivity contribution in [1.82, 2.24) is 5.32 Å². The van der Waals surface area contributed by atoms with Gasteiger partial charge in [0.25, 0.3) is 5.91 Å². The van der Waals surface area contributed by atoms with E-state index in [2.05, 4.69) is 5.32 Å². The van der Waals surface area contributed by atoms with Gasteiger partial charge in [-0.1, -0.05) is 29.8 Å². The van der Waals surface area contributed by atoms with Crippen LogP contribution in [0.5, 0.6) is 0 Å². The molecule has 2 aromatic carbocycles. The lowest BCUT2D eigenvalue weighted by molar-refractivity contribution is 0.0946. The van der Waals surface area contributed by atoms with Crippen LogP contribution in [0, 0.1) is 18.6 Å². The molecule has 0 unspecified atom stereocenters. The van der Waals surface area contributed by atoms with Gasteiger partial charge in [0, 0.05) is 12.1 Å². The molecule has 2 aromatic rings. The lowest BCUT2D eigenvalue weighted by atomic mass is 10.1. The smallest absolute Gasteiger partial charge is 0.254 e. The van der Waals surface area contributed by atoms with E-state index in [1.165, 1.54) is 18.2 Å². The molecule has 0 spiro atoms. The average Bonchev–Trinajstić information content (AvgIpc) is 2.40. The van der Waals surface area contributed by atoms with Crippen molar-refractivity contribution in [3.63, 3.8) is 0 Å². The van der Waals surface area contributed by atoms with Gasteiger partial charge in [0.2, 0.25) is 0 Å². The number of hydrogen-bond acceptors (Lipinski definition) is 1. The third-order valence-electron chi connectivity index (χ3n) is 2.76. The molecule has 19 heavy (non-hydrogen) atoms. The number of carbonyl (C=O) groups excluding carboxylic acids is 1. The van der Waals surface area contributed by atoms with Crippen molar-refractivity contribution in [1.29, 1.82) is 0 Å². The highest BCUT2D eigenvalue weighted by atomic mass is 19.1. The largest absolute Gasteiger partial charge is 0.348 e. The summed E-state index contributed by atoms with van der Waals surface area (Å²) < 4.78 is 26.9. The fourth-order valence-electron chi connectivity index (χ4n) is 1.73. The highest BCUT2D eigenvalue weighted by molar-refractivity contribution is 5.94. The van der Waals surface area contributed by atoms with Gasteiger partial charge in [-0.2, -0.15) is 0 Å². The van der Waals surface area contributed by atoms with E-state index >= 15 is 0 Å². The first-order valence-electron chi connectivity index (χ1n) is 5.85. The summed E-state index contributed by atoms with van der Waals surface area (Å²) >= 11 is 0. The van der Waals surface area contributed by atoms with Crippen LogP contribution in [0.3, 0.4) is 0 Å². The summed E-state index contributed by atoms with van der Waals surface area (Å²) in [5.74, 6) is -1.53. The fraction of sp³-hybridized carbons (Fsp3) is 0.133. The van der Waals surface area contributed by atoms with Crippen molar-refractivity contribution in [3.05, 3.63) is 70.8 Å². The number of carbonyl (C=O) groups is 1. The van der Waals surface area contributed by atoms with Gasteiger partial charge < -0.3 is 5.32 Å². The van der Waals surface area contributed by atoms with E-state index in [0.29, 0.717) is 5.56 Å². The predicted molar refractivity (Wildman–Crippen MR) is 68.7 cm³/mol. The third kappa shape index (κ3) is 3.16. The van der Waals surface area contributed by atoms with E-state index in [-0.39, 0.29) is 12.1 Å². The van der Waals surface area contributed by atoms with Crippen LogP contribution in [-0.2, 0) is 6.54 Å². The normalized spacial score (nSPS) is 10.3. The second-order valence-electron chi connectivity index (χ2n) is 4.26. The molecule has 0 atom stereocenters. The van der Waals surface area contributed by atoms with E-state index in [9.17, 15) is 13.6 Å². The highest BCUT2D eigenvalue weighted by Crippen LogP contribution is 2.11. The molecule has 1 N–H and O–H groups in total. The Bertz CT molecular complexity index is 611. The van der Waals surface area contributed by atoms with Gasteiger partial charge in [0.1, 0.15) is 11.6 Å². The Balaban J connectivity index is 2.10. The molecule has 2 rings (SSSR count). The highest BCUT2D eigenvalue weighted by Gasteiger charge is 2.12. The average molecular weight is 261 g/mol. The quantitative estimate of drug-likeness (QED) is 0.903. The van der Waals surface area contributed by atoms with Gasteiger partial charge in [-0.3, -0.25) is 4.79 Å². The molecule has 4 heteroatoms. The summed E-state index contributed by atoms with van der Waals surface area (Å²) in [5, 5.41) is 2.51. The van der Waals surface area contributed by atoms with Crippen LogP contribution in [0.2, 0.25) is 0 Å². The van der Waals surface area contributed by atoms with Crippen LogP contribution in [0.4, 0.5) is 8.78 Å². The van der Waals surface area contributed by atoms with Crippen molar-refractivity contribution in [2.24, 2.45) is 0 Å². The maximum absolute atomic E-state index is 13.5. The summed E-state index contributed by atoms with van der Waals surface area (Å²) in [5.41, 5.74) is 1.12. The fourth-order valence-corrected chi connectivity index (χ4v) is 1.73. The molecule has 98 valence electrons. The SMILES string of the molecule is Cc1ccc(F)c(C(=O)NCc2ccccc2F)c1. The molecular formula is C15H13F2NO. The molecule has 0 aliphatic heterocycles. The second-order valence-corrected chi connectivity index (χ2v) is 4.26. The monoisotopic (exact) mass is 261 g/mol. The Hall–Kier alpha value is -2.23. The maximum atomic E-state index is 13.5. The van der Waals surface area contributed by atoms with Gasteiger partial charge in [-0.25, -0.2) is 8.78 Å². The first kappa shape index (κ1) is 13.2.